The van der Waals surface area contributed by atoms with Gasteiger partial charge in [-0.05, 0) is 49.4 Å². The number of halogens is 1. The zero-order valence-corrected chi connectivity index (χ0v) is 16.8. The molecule has 1 amide bonds. The van der Waals surface area contributed by atoms with Crippen LogP contribution in [0.4, 0.5) is 15.9 Å². The van der Waals surface area contributed by atoms with Crippen molar-refractivity contribution < 1.29 is 9.18 Å². The molecule has 1 fully saturated rings. The fourth-order valence-corrected chi connectivity index (χ4v) is 4.27. The second-order valence-electron chi connectivity index (χ2n) is 8.18. The first-order valence-electron chi connectivity index (χ1n) is 10.2. The maximum absolute atomic E-state index is 13.1. The highest BCUT2D eigenvalue weighted by molar-refractivity contribution is 6.05. The van der Waals surface area contributed by atoms with Crippen molar-refractivity contribution in [3.05, 3.63) is 65.6 Å². The number of anilines is 2. The van der Waals surface area contributed by atoms with Gasteiger partial charge < -0.3 is 10.2 Å². The predicted molar refractivity (Wildman–Crippen MR) is 118 cm³/mol. The molecule has 162 valence electrons. The first-order valence-corrected chi connectivity index (χ1v) is 10.2. The molecular weight excluding hydrogens is 395 g/mol. The Hall–Kier alpha value is -3.29. The molecule has 1 saturated heterocycles. The molecule has 0 spiro atoms. The lowest BCUT2D eigenvalue weighted by atomic mass is 9.95. The van der Waals surface area contributed by atoms with E-state index in [1.54, 1.807) is 18.3 Å². The van der Waals surface area contributed by atoms with Crippen molar-refractivity contribution in [2.24, 2.45) is 0 Å². The predicted octanol–water partition coefficient (Wildman–Crippen LogP) is 3.59. The van der Waals surface area contributed by atoms with Gasteiger partial charge in [0.1, 0.15) is 22.9 Å². The molecule has 1 aromatic carbocycles. The summed E-state index contributed by atoms with van der Waals surface area (Å²) in [4.78, 5) is 23.8. The van der Waals surface area contributed by atoms with Crippen molar-refractivity contribution in [1.82, 2.24) is 19.7 Å². The molecule has 0 saturated carbocycles. The van der Waals surface area contributed by atoms with Crippen molar-refractivity contribution in [1.29, 1.82) is 0 Å². The molecule has 8 heteroatoms. The fourth-order valence-electron chi connectivity index (χ4n) is 4.27. The highest BCUT2D eigenvalue weighted by Crippen LogP contribution is 2.41. The zero-order chi connectivity index (χ0) is 20.7. The molecule has 0 radical (unpaired) electrons. The molecule has 2 aromatic heterocycles. The number of nitrogens with zero attached hydrogens (tertiary/aromatic N) is 5. The number of aromatic nitrogens is 4. The van der Waals surface area contributed by atoms with Crippen LogP contribution in [0.1, 0.15) is 44.1 Å². The summed E-state index contributed by atoms with van der Waals surface area (Å²) in [5.74, 6) is 1.37. The van der Waals surface area contributed by atoms with Crippen LogP contribution in [0.5, 0.6) is 0 Å². The fraction of sp³-hybridized carbons (Fsp3) is 0.391. The van der Waals surface area contributed by atoms with Crippen LogP contribution in [-0.4, -0.2) is 37.7 Å². The van der Waals surface area contributed by atoms with E-state index in [9.17, 15) is 9.18 Å². The van der Waals surface area contributed by atoms with E-state index in [4.69, 9.17) is 4.98 Å². The lowest BCUT2D eigenvalue weighted by Gasteiger charge is -2.39. The van der Waals surface area contributed by atoms with Gasteiger partial charge in [-0.1, -0.05) is 19.6 Å². The first kappa shape index (κ1) is 21.0. The SMILES string of the molecule is C.C[C@]12CCCN1c1nc(CCc3cnn(Cc4ccc(F)cc4)c3)ncc1NC2=O. The molecule has 3 aromatic rings. The summed E-state index contributed by atoms with van der Waals surface area (Å²) in [6.07, 6.45) is 8.84. The molecule has 0 unspecified atom stereocenters. The molecule has 1 atom stereocenters. The molecule has 7 nitrogen and oxygen atoms in total. The number of amides is 1. The molecule has 31 heavy (non-hydrogen) atoms. The van der Waals surface area contributed by atoms with Gasteiger partial charge in [0.2, 0.25) is 5.91 Å². The van der Waals surface area contributed by atoms with Crippen molar-refractivity contribution in [2.45, 2.75) is 52.1 Å². The van der Waals surface area contributed by atoms with Crippen LogP contribution in [0.25, 0.3) is 0 Å². The minimum Gasteiger partial charge on any atom is -0.340 e. The first-order chi connectivity index (χ1) is 14.5. The van der Waals surface area contributed by atoms with Crippen LogP contribution >= 0.6 is 0 Å². The van der Waals surface area contributed by atoms with E-state index in [-0.39, 0.29) is 19.2 Å². The van der Waals surface area contributed by atoms with Gasteiger partial charge in [-0.3, -0.25) is 9.48 Å². The second kappa shape index (κ2) is 8.09. The summed E-state index contributed by atoms with van der Waals surface area (Å²) >= 11 is 0. The smallest absolute Gasteiger partial charge is 0.250 e. The van der Waals surface area contributed by atoms with E-state index in [2.05, 4.69) is 20.3 Å². The molecular formula is C23H27FN6O. The Kier molecular flexibility index (Phi) is 5.47. The van der Waals surface area contributed by atoms with Gasteiger partial charge in [-0.2, -0.15) is 5.10 Å². The standard InChI is InChI=1S/C22H23FN6O.CH4/c1-22-9-2-10-29(22)20-18(26-21(22)30)12-24-19(27-20)8-5-16-11-25-28(14-16)13-15-3-6-17(23)7-4-15;/h3-4,6-7,11-12,14H,2,5,8-10,13H2,1H3,(H,26,30);1H4/t22-;/m1./s1. The highest BCUT2D eigenvalue weighted by atomic mass is 19.1. The second-order valence-corrected chi connectivity index (χ2v) is 8.18. The highest BCUT2D eigenvalue weighted by Gasteiger charge is 2.48. The normalized spacial score (nSPS) is 19.4. The molecule has 1 N–H and O–H groups in total. The average Bonchev–Trinajstić information content (AvgIpc) is 3.36. The van der Waals surface area contributed by atoms with Gasteiger partial charge in [-0.25, -0.2) is 14.4 Å². The largest absolute Gasteiger partial charge is 0.340 e. The maximum Gasteiger partial charge on any atom is 0.250 e. The van der Waals surface area contributed by atoms with Crippen LogP contribution in [-0.2, 0) is 24.2 Å². The summed E-state index contributed by atoms with van der Waals surface area (Å²) in [6.45, 7) is 3.42. The van der Waals surface area contributed by atoms with Gasteiger partial charge in [0.15, 0.2) is 5.82 Å². The number of carbonyl (C=O) groups is 1. The van der Waals surface area contributed by atoms with Crippen molar-refractivity contribution in [3.63, 3.8) is 0 Å². The lowest BCUT2D eigenvalue weighted by molar-refractivity contribution is -0.120. The third kappa shape index (κ3) is 3.89. The van der Waals surface area contributed by atoms with Gasteiger partial charge in [-0.15, -0.1) is 0 Å². The van der Waals surface area contributed by atoms with Crippen LogP contribution in [0, 0.1) is 5.82 Å². The van der Waals surface area contributed by atoms with Gasteiger partial charge >= 0.3 is 0 Å². The Labute approximate surface area is 181 Å². The van der Waals surface area contributed by atoms with Crippen LogP contribution < -0.4 is 10.2 Å². The summed E-state index contributed by atoms with van der Waals surface area (Å²) in [7, 11) is 0. The van der Waals surface area contributed by atoms with Gasteiger partial charge in [0, 0.05) is 19.2 Å². The van der Waals surface area contributed by atoms with Crippen LogP contribution in [0.3, 0.4) is 0 Å². The van der Waals surface area contributed by atoms with Crippen molar-refractivity contribution in [2.75, 3.05) is 16.8 Å². The third-order valence-electron chi connectivity index (χ3n) is 6.03. The lowest BCUT2D eigenvalue weighted by Crippen LogP contribution is -2.54. The molecule has 4 heterocycles. The van der Waals surface area contributed by atoms with E-state index in [1.165, 1.54) is 12.1 Å². The molecule has 2 aliphatic rings. The monoisotopic (exact) mass is 422 g/mol. The Bertz CT molecular complexity index is 1100. The summed E-state index contributed by atoms with van der Waals surface area (Å²) in [6, 6.07) is 6.45. The van der Waals surface area contributed by atoms with E-state index in [0.29, 0.717) is 18.7 Å². The third-order valence-corrected chi connectivity index (χ3v) is 6.03. The quantitative estimate of drug-likeness (QED) is 0.680. The van der Waals surface area contributed by atoms with Gasteiger partial charge in [0.25, 0.3) is 0 Å². The zero-order valence-electron chi connectivity index (χ0n) is 16.8. The number of rotatable bonds is 5. The van der Waals surface area contributed by atoms with Crippen molar-refractivity contribution >= 4 is 17.4 Å². The number of nitrogens with one attached hydrogen (secondary N) is 1. The number of benzene rings is 1. The Morgan fingerprint density at radius 3 is 2.77 bits per heavy atom. The van der Waals surface area contributed by atoms with E-state index in [1.807, 2.05) is 24.0 Å². The molecule has 2 aliphatic heterocycles. The minimum absolute atomic E-state index is 0. The molecule has 0 aliphatic carbocycles. The number of hydrogen-bond donors (Lipinski definition) is 1. The summed E-state index contributed by atoms with van der Waals surface area (Å²) in [5.41, 5.74) is 2.27. The van der Waals surface area contributed by atoms with E-state index >= 15 is 0 Å². The number of carbonyl (C=O) groups excluding carboxylic acids is 1. The minimum atomic E-state index is -0.514. The number of fused-ring (bicyclic) bond motifs is 3. The van der Waals surface area contributed by atoms with E-state index < -0.39 is 5.54 Å². The Morgan fingerprint density at radius 1 is 1.16 bits per heavy atom. The maximum atomic E-state index is 13.1. The summed E-state index contributed by atoms with van der Waals surface area (Å²) in [5, 5.41) is 7.36. The molecule has 5 rings (SSSR count). The van der Waals surface area contributed by atoms with E-state index in [0.717, 1.165) is 48.6 Å². The number of aryl methyl sites for hydroxylation is 2. The average molecular weight is 423 g/mol. The Morgan fingerprint density at radius 2 is 1.97 bits per heavy atom. The van der Waals surface area contributed by atoms with Crippen LogP contribution in [0.15, 0.2) is 42.9 Å². The van der Waals surface area contributed by atoms with Crippen molar-refractivity contribution in [3.8, 4) is 0 Å². The topological polar surface area (TPSA) is 75.9 Å². The van der Waals surface area contributed by atoms with Crippen LogP contribution in [0.2, 0.25) is 0 Å². The number of hydrogen-bond acceptors (Lipinski definition) is 5. The molecule has 0 bridgehead atoms. The Balaban J connectivity index is 0.00000231. The summed E-state index contributed by atoms with van der Waals surface area (Å²) < 4.78 is 14.9. The van der Waals surface area contributed by atoms with Gasteiger partial charge in [0.05, 0.1) is 18.9 Å².